The predicted octanol–water partition coefficient (Wildman–Crippen LogP) is 6.02. The van der Waals surface area contributed by atoms with E-state index in [2.05, 4.69) is 13.8 Å². The number of hydrogen-bond acceptors (Lipinski definition) is 4. The Bertz CT molecular complexity index is 412. The lowest BCUT2D eigenvalue weighted by atomic mass is 10.1. The molecular weight excluding hydrogens is 378 g/mol. The van der Waals surface area contributed by atoms with Gasteiger partial charge in [-0.15, -0.1) is 0 Å². The minimum absolute atomic E-state index is 0.0487. The van der Waals surface area contributed by atoms with Crippen LogP contribution >= 0.6 is 0 Å². The standard InChI is InChI=1S/C25H49NO4/c1-4-6-8-10-12-14-16-18-24(28)26(22-23(3)27)20-21-30-25(29)19-17-15-13-11-9-7-5-2/h23,27H,4-22H2,1-3H3. The molecule has 0 aromatic heterocycles. The second-order valence-corrected chi connectivity index (χ2v) is 8.65. The second-order valence-electron chi connectivity index (χ2n) is 8.65. The Kier molecular flexibility index (Phi) is 20.4. The number of nitrogens with zero attached hydrogens (tertiary/aromatic N) is 1. The summed E-state index contributed by atoms with van der Waals surface area (Å²) in [4.78, 5) is 26.0. The van der Waals surface area contributed by atoms with Gasteiger partial charge in [-0.3, -0.25) is 9.59 Å². The summed E-state index contributed by atoms with van der Waals surface area (Å²) in [7, 11) is 0. The number of amides is 1. The monoisotopic (exact) mass is 427 g/mol. The zero-order chi connectivity index (χ0) is 22.5. The summed E-state index contributed by atoms with van der Waals surface area (Å²) in [5.74, 6) is -0.132. The van der Waals surface area contributed by atoms with Crippen LogP contribution in [0.1, 0.15) is 124 Å². The molecule has 0 aromatic rings. The third-order valence-corrected chi connectivity index (χ3v) is 5.44. The third kappa shape index (κ3) is 18.9. The first-order valence-corrected chi connectivity index (χ1v) is 12.6. The topological polar surface area (TPSA) is 66.8 Å². The Hall–Kier alpha value is -1.10. The fourth-order valence-electron chi connectivity index (χ4n) is 3.60. The van der Waals surface area contributed by atoms with Crippen LogP contribution in [0.15, 0.2) is 0 Å². The molecule has 1 N–H and O–H groups in total. The first kappa shape index (κ1) is 28.9. The van der Waals surface area contributed by atoms with E-state index in [0.29, 0.717) is 25.9 Å². The SMILES string of the molecule is CCCCCCCCCC(=O)OCCN(CC(C)O)C(=O)CCCCCCCCC. The van der Waals surface area contributed by atoms with Gasteiger partial charge >= 0.3 is 5.97 Å². The highest BCUT2D eigenvalue weighted by atomic mass is 16.5. The number of hydrogen-bond donors (Lipinski definition) is 1. The van der Waals surface area contributed by atoms with Crippen LogP contribution in [0.5, 0.6) is 0 Å². The van der Waals surface area contributed by atoms with E-state index in [1.807, 2.05) is 0 Å². The molecule has 178 valence electrons. The molecule has 30 heavy (non-hydrogen) atoms. The summed E-state index contributed by atoms with van der Waals surface area (Å²) in [6, 6.07) is 0. The van der Waals surface area contributed by atoms with Gasteiger partial charge in [0, 0.05) is 19.4 Å². The molecule has 0 saturated carbocycles. The highest BCUT2D eigenvalue weighted by Crippen LogP contribution is 2.11. The second kappa shape index (κ2) is 21.1. The van der Waals surface area contributed by atoms with Gasteiger partial charge in [0.1, 0.15) is 6.61 Å². The third-order valence-electron chi connectivity index (χ3n) is 5.44. The minimum Gasteiger partial charge on any atom is -0.464 e. The van der Waals surface area contributed by atoms with Crippen molar-refractivity contribution in [2.75, 3.05) is 19.7 Å². The van der Waals surface area contributed by atoms with Crippen molar-refractivity contribution in [2.24, 2.45) is 0 Å². The molecule has 0 aromatic carbocycles. The van der Waals surface area contributed by atoms with Gasteiger partial charge in [-0.2, -0.15) is 0 Å². The number of unbranched alkanes of at least 4 members (excludes halogenated alkanes) is 12. The molecule has 0 rings (SSSR count). The quantitative estimate of drug-likeness (QED) is 0.180. The number of ether oxygens (including phenoxy) is 1. The number of aliphatic hydroxyl groups is 1. The fraction of sp³-hybridized carbons (Fsp3) is 0.920. The molecule has 0 radical (unpaired) electrons. The smallest absolute Gasteiger partial charge is 0.305 e. The van der Waals surface area contributed by atoms with E-state index in [4.69, 9.17) is 4.74 Å². The van der Waals surface area contributed by atoms with Crippen LogP contribution < -0.4 is 0 Å². The van der Waals surface area contributed by atoms with Crippen LogP contribution in [0.2, 0.25) is 0 Å². The molecule has 0 aliphatic rings. The zero-order valence-electron chi connectivity index (χ0n) is 20.1. The molecule has 0 spiro atoms. The van der Waals surface area contributed by atoms with E-state index in [1.54, 1.807) is 11.8 Å². The van der Waals surface area contributed by atoms with Gasteiger partial charge in [0.2, 0.25) is 5.91 Å². The normalized spacial score (nSPS) is 12.0. The van der Waals surface area contributed by atoms with Crippen LogP contribution in [0.25, 0.3) is 0 Å². The van der Waals surface area contributed by atoms with Gasteiger partial charge in [0.15, 0.2) is 0 Å². The maximum atomic E-state index is 12.5. The summed E-state index contributed by atoms with van der Waals surface area (Å²) >= 11 is 0. The van der Waals surface area contributed by atoms with Crippen molar-refractivity contribution in [3.05, 3.63) is 0 Å². The van der Waals surface area contributed by atoms with Crippen molar-refractivity contribution in [2.45, 2.75) is 130 Å². The average Bonchev–Trinajstić information content (AvgIpc) is 2.71. The molecule has 5 heteroatoms. The number of esters is 1. The molecule has 1 unspecified atom stereocenters. The first-order chi connectivity index (χ1) is 14.5. The van der Waals surface area contributed by atoms with E-state index >= 15 is 0 Å². The molecule has 0 bridgehead atoms. The minimum atomic E-state index is -0.577. The Morgan fingerprint density at radius 2 is 1.23 bits per heavy atom. The van der Waals surface area contributed by atoms with E-state index in [-0.39, 0.29) is 18.5 Å². The molecule has 0 aliphatic heterocycles. The van der Waals surface area contributed by atoms with Crippen LogP contribution in [-0.2, 0) is 14.3 Å². The summed E-state index contributed by atoms with van der Waals surface area (Å²) in [5, 5.41) is 9.69. The summed E-state index contributed by atoms with van der Waals surface area (Å²) in [6.07, 6.45) is 16.8. The number of carbonyl (C=O) groups excluding carboxylic acids is 2. The van der Waals surface area contributed by atoms with Crippen molar-refractivity contribution < 1.29 is 19.4 Å². The van der Waals surface area contributed by atoms with Crippen LogP contribution in [0.3, 0.4) is 0 Å². The molecule has 1 atom stereocenters. The van der Waals surface area contributed by atoms with Crippen LogP contribution in [0, 0.1) is 0 Å². The molecule has 0 heterocycles. The maximum absolute atomic E-state index is 12.5. The summed E-state index contributed by atoms with van der Waals surface area (Å²) in [5.41, 5.74) is 0. The molecule has 5 nitrogen and oxygen atoms in total. The van der Waals surface area contributed by atoms with Crippen molar-refractivity contribution in [3.8, 4) is 0 Å². The zero-order valence-corrected chi connectivity index (χ0v) is 20.1. The lowest BCUT2D eigenvalue weighted by Gasteiger charge is -2.24. The Balaban J connectivity index is 3.93. The molecular formula is C25H49NO4. The molecule has 1 amide bonds. The predicted molar refractivity (Wildman–Crippen MR) is 124 cm³/mol. The molecule has 0 aliphatic carbocycles. The van der Waals surface area contributed by atoms with E-state index < -0.39 is 6.10 Å². The first-order valence-electron chi connectivity index (χ1n) is 12.6. The van der Waals surface area contributed by atoms with Crippen LogP contribution in [-0.4, -0.2) is 47.7 Å². The maximum Gasteiger partial charge on any atom is 0.305 e. The van der Waals surface area contributed by atoms with E-state index in [9.17, 15) is 14.7 Å². The number of aliphatic hydroxyl groups excluding tert-OH is 1. The lowest BCUT2D eigenvalue weighted by molar-refractivity contribution is -0.146. The molecule has 0 saturated heterocycles. The van der Waals surface area contributed by atoms with E-state index in [1.165, 1.54) is 64.2 Å². The lowest BCUT2D eigenvalue weighted by Crippen LogP contribution is -2.39. The van der Waals surface area contributed by atoms with Crippen LogP contribution in [0.4, 0.5) is 0 Å². The van der Waals surface area contributed by atoms with Gasteiger partial charge in [-0.05, 0) is 19.8 Å². The van der Waals surface area contributed by atoms with Gasteiger partial charge in [-0.1, -0.05) is 90.9 Å². The van der Waals surface area contributed by atoms with Gasteiger partial charge < -0.3 is 14.7 Å². The van der Waals surface area contributed by atoms with Crippen molar-refractivity contribution >= 4 is 11.9 Å². The Morgan fingerprint density at radius 1 is 0.767 bits per heavy atom. The van der Waals surface area contributed by atoms with Gasteiger partial charge in [0.05, 0.1) is 12.6 Å². The number of carbonyl (C=O) groups is 2. The Labute approximate surface area is 185 Å². The van der Waals surface area contributed by atoms with Crippen molar-refractivity contribution in [1.29, 1.82) is 0 Å². The fourth-order valence-corrected chi connectivity index (χ4v) is 3.60. The van der Waals surface area contributed by atoms with E-state index in [0.717, 1.165) is 25.7 Å². The van der Waals surface area contributed by atoms with Crippen molar-refractivity contribution in [1.82, 2.24) is 4.90 Å². The Morgan fingerprint density at radius 3 is 1.73 bits per heavy atom. The van der Waals surface area contributed by atoms with Gasteiger partial charge in [-0.25, -0.2) is 0 Å². The summed E-state index contributed by atoms with van der Waals surface area (Å²) in [6.45, 7) is 6.97. The highest BCUT2D eigenvalue weighted by Gasteiger charge is 2.16. The van der Waals surface area contributed by atoms with Gasteiger partial charge in [0.25, 0.3) is 0 Å². The van der Waals surface area contributed by atoms with Crippen molar-refractivity contribution in [3.63, 3.8) is 0 Å². The average molecular weight is 428 g/mol. The summed E-state index contributed by atoms with van der Waals surface area (Å²) < 4.78 is 5.32. The largest absolute Gasteiger partial charge is 0.464 e. The highest BCUT2D eigenvalue weighted by molar-refractivity contribution is 5.76. The molecule has 0 fully saturated rings. The number of rotatable bonds is 21.